The van der Waals surface area contributed by atoms with Gasteiger partial charge < -0.3 is 10.6 Å². The molecule has 1 aromatic carbocycles. The second kappa shape index (κ2) is 8.44. The van der Waals surface area contributed by atoms with Gasteiger partial charge in [0.2, 0.25) is 0 Å². The van der Waals surface area contributed by atoms with Crippen molar-refractivity contribution in [1.29, 1.82) is 0 Å². The van der Waals surface area contributed by atoms with Crippen LogP contribution in [0.25, 0.3) is 5.69 Å². The molecule has 4 rings (SSSR count). The highest BCUT2D eigenvalue weighted by Gasteiger charge is 2.33. The fourth-order valence-corrected chi connectivity index (χ4v) is 4.34. The van der Waals surface area contributed by atoms with Gasteiger partial charge in [-0.05, 0) is 62.6 Å². The molecule has 1 unspecified atom stereocenters. The lowest BCUT2D eigenvalue weighted by Crippen LogP contribution is -2.47. The maximum atomic E-state index is 13.3. The summed E-state index contributed by atoms with van der Waals surface area (Å²) in [5.41, 5.74) is 11.3. The van der Waals surface area contributed by atoms with E-state index in [2.05, 4.69) is 31.2 Å². The van der Waals surface area contributed by atoms with E-state index in [1.807, 2.05) is 9.58 Å². The number of carbonyl (C=O) groups is 1. The fourth-order valence-electron chi connectivity index (χ4n) is 4.34. The number of hydrogen-bond donors (Lipinski definition) is 1. The molecule has 6 heteroatoms. The number of hydrogen-bond acceptors (Lipinski definition) is 3. The smallest absolute Gasteiger partial charge is 0.274 e. The first-order valence-corrected chi connectivity index (χ1v) is 9.94. The van der Waals surface area contributed by atoms with Crippen LogP contribution in [0, 0.1) is 0 Å². The lowest BCUT2D eigenvalue weighted by atomic mass is 10.0. The summed E-state index contributed by atoms with van der Waals surface area (Å²) in [4.78, 5) is 15.2. The summed E-state index contributed by atoms with van der Waals surface area (Å²) in [6.45, 7) is 3.49. The van der Waals surface area contributed by atoms with E-state index in [9.17, 15) is 4.79 Å². The van der Waals surface area contributed by atoms with Crippen molar-refractivity contribution in [3.8, 4) is 5.69 Å². The van der Waals surface area contributed by atoms with Crippen molar-refractivity contribution < 1.29 is 4.79 Å². The number of nitrogens with zero attached hydrogens (tertiary/aromatic N) is 3. The molecular weight excluding hydrogens is 360 g/mol. The van der Waals surface area contributed by atoms with Crippen molar-refractivity contribution in [2.24, 2.45) is 5.73 Å². The number of likely N-dealkylation sites (tertiary alicyclic amines) is 1. The Morgan fingerprint density at radius 3 is 2.67 bits per heavy atom. The Labute approximate surface area is 167 Å². The molecule has 1 fully saturated rings. The van der Waals surface area contributed by atoms with Gasteiger partial charge in [-0.15, -0.1) is 12.4 Å². The molecule has 146 valence electrons. The molecule has 1 atom stereocenters. The van der Waals surface area contributed by atoms with Crippen molar-refractivity contribution in [3.05, 3.63) is 46.8 Å². The molecule has 2 aliphatic rings. The molecule has 0 radical (unpaired) electrons. The number of rotatable bonds is 4. The van der Waals surface area contributed by atoms with Gasteiger partial charge in [0.05, 0.1) is 5.69 Å². The van der Waals surface area contributed by atoms with Crippen molar-refractivity contribution in [2.45, 2.75) is 57.9 Å². The van der Waals surface area contributed by atoms with Crippen LogP contribution < -0.4 is 5.73 Å². The molecule has 2 N–H and O–H groups in total. The average molecular weight is 389 g/mol. The summed E-state index contributed by atoms with van der Waals surface area (Å²) in [7, 11) is 0. The van der Waals surface area contributed by atoms with E-state index in [-0.39, 0.29) is 24.4 Å². The molecule has 1 aromatic heterocycles. The summed E-state index contributed by atoms with van der Waals surface area (Å²) in [5, 5.41) is 4.79. The molecule has 1 amide bonds. The summed E-state index contributed by atoms with van der Waals surface area (Å²) < 4.78 is 2.00. The summed E-state index contributed by atoms with van der Waals surface area (Å²) in [6, 6.07) is 8.68. The van der Waals surface area contributed by atoms with Crippen LogP contribution in [-0.2, 0) is 19.3 Å². The van der Waals surface area contributed by atoms with Crippen LogP contribution in [0.3, 0.4) is 0 Å². The van der Waals surface area contributed by atoms with Crippen molar-refractivity contribution in [1.82, 2.24) is 14.7 Å². The van der Waals surface area contributed by atoms with E-state index in [0.29, 0.717) is 12.2 Å². The Balaban J connectivity index is 0.00000210. The van der Waals surface area contributed by atoms with Crippen LogP contribution in [0.5, 0.6) is 0 Å². The first-order chi connectivity index (χ1) is 12.7. The number of amides is 1. The molecule has 0 bridgehead atoms. The van der Waals surface area contributed by atoms with Gasteiger partial charge in [0.25, 0.3) is 5.91 Å². The zero-order chi connectivity index (χ0) is 18.1. The first-order valence-electron chi connectivity index (χ1n) is 9.94. The molecule has 27 heavy (non-hydrogen) atoms. The molecular formula is C21H29ClN4O. The van der Waals surface area contributed by atoms with Crippen LogP contribution >= 0.6 is 12.4 Å². The number of carbonyl (C=O) groups excluding carboxylic acids is 1. The zero-order valence-electron chi connectivity index (χ0n) is 16.0. The lowest BCUT2D eigenvalue weighted by Gasteiger charge is -2.34. The Bertz CT molecular complexity index is 799. The number of halogens is 1. The van der Waals surface area contributed by atoms with E-state index in [4.69, 9.17) is 10.8 Å². The topological polar surface area (TPSA) is 64.2 Å². The number of benzene rings is 1. The lowest BCUT2D eigenvalue weighted by molar-refractivity contribution is 0.0615. The quantitative estimate of drug-likeness (QED) is 0.873. The van der Waals surface area contributed by atoms with E-state index in [1.54, 1.807) is 0 Å². The van der Waals surface area contributed by atoms with Crippen LogP contribution in [-0.4, -0.2) is 39.7 Å². The Morgan fingerprint density at radius 1 is 1.19 bits per heavy atom. The van der Waals surface area contributed by atoms with Gasteiger partial charge in [-0.1, -0.05) is 19.1 Å². The normalized spacial score (nSPS) is 18.9. The fraction of sp³-hybridized carbons (Fsp3) is 0.524. The van der Waals surface area contributed by atoms with Crippen LogP contribution in [0.15, 0.2) is 24.3 Å². The number of fused-ring (bicyclic) bond motifs is 1. The number of nitrogens with two attached hydrogens (primary N) is 1. The molecule has 1 aliphatic carbocycles. The van der Waals surface area contributed by atoms with Crippen LogP contribution in [0.4, 0.5) is 0 Å². The number of aromatic nitrogens is 2. The first kappa shape index (κ1) is 19.9. The van der Waals surface area contributed by atoms with E-state index in [0.717, 1.165) is 62.7 Å². The molecule has 0 spiro atoms. The molecule has 2 aromatic rings. The summed E-state index contributed by atoms with van der Waals surface area (Å²) in [6.07, 6.45) is 7.28. The molecule has 1 saturated heterocycles. The number of piperidine rings is 1. The average Bonchev–Trinajstić information content (AvgIpc) is 3.30. The van der Waals surface area contributed by atoms with Crippen LogP contribution in [0.1, 0.15) is 59.9 Å². The highest BCUT2D eigenvalue weighted by atomic mass is 35.5. The van der Waals surface area contributed by atoms with Gasteiger partial charge in [0, 0.05) is 30.4 Å². The van der Waals surface area contributed by atoms with Gasteiger partial charge in [-0.25, -0.2) is 4.68 Å². The third-order valence-corrected chi connectivity index (χ3v) is 5.88. The number of aryl methyl sites for hydroxylation is 1. The van der Waals surface area contributed by atoms with Crippen molar-refractivity contribution >= 4 is 18.3 Å². The van der Waals surface area contributed by atoms with Crippen LogP contribution in [0.2, 0.25) is 0 Å². The van der Waals surface area contributed by atoms with Gasteiger partial charge in [0.15, 0.2) is 5.69 Å². The second-order valence-corrected chi connectivity index (χ2v) is 7.44. The minimum Gasteiger partial charge on any atom is -0.333 e. The van der Waals surface area contributed by atoms with Gasteiger partial charge in [-0.2, -0.15) is 5.10 Å². The monoisotopic (exact) mass is 388 g/mol. The predicted molar refractivity (Wildman–Crippen MR) is 110 cm³/mol. The largest absolute Gasteiger partial charge is 0.333 e. The Hall–Kier alpha value is -1.85. The summed E-state index contributed by atoms with van der Waals surface area (Å²) in [5.74, 6) is 0.0715. The maximum Gasteiger partial charge on any atom is 0.274 e. The van der Waals surface area contributed by atoms with E-state index < -0.39 is 0 Å². The van der Waals surface area contributed by atoms with Gasteiger partial charge in [-0.3, -0.25) is 4.79 Å². The SMILES string of the molecule is CCc1ccc(-n2nc(C(=O)N3CCCCC3CN)c3c2CCC3)cc1.Cl. The van der Waals surface area contributed by atoms with Gasteiger partial charge >= 0.3 is 0 Å². The van der Waals surface area contributed by atoms with Crippen molar-refractivity contribution in [2.75, 3.05) is 13.1 Å². The van der Waals surface area contributed by atoms with E-state index >= 15 is 0 Å². The minimum atomic E-state index is 0. The second-order valence-electron chi connectivity index (χ2n) is 7.44. The minimum absolute atomic E-state index is 0. The molecule has 2 heterocycles. The summed E-state index contributed by atoms with van der Waals surface area (Å²) >= 11 is 0. The third-order valence-electron chi connectivity index (χ3n) is 5.88. The molecule has 5 nitrogen and oxygen atoms in total. The predicted octanol–water partition coefficient (Wildman–Crippen LogP) is 3.30. The Morgan fingerprint density at radius 2 is 1.96 bits per heavy atom. The standard InChI is InChI=1S/C21H28N4O.ClH/c1-2-15-9-11-16(12-10-15)25-19-8-5-7-18(19)20(23-25)21(26)24-13-4-3-6-17(24)14-22;/h9-12,17H,2-8,13-14,22H2,1H3;1H. The molecule has 0 saturated carbocycles. The Kier molecular flexibility index (Phi) is 6.22. The highest BCUT2D eigenvalue weighted by molar-refractivity contribution is 5.94. The van der Waals surface area contributed by atoms with E-state index in [1.165, 1.54) is 11.3 Å². The third kappa shape index (κ3) is 3.63. The van der Waals surface area contributed by atoms with Gasteiger partial charge in [0.1, 0.15) is 0 Å². The highest BCUT2D eigenvalue weighted by Crippen LogP contribution is 2.30. The van der Waals surface area contributed by atoms with Crippen molar-refractivity contribution in [3.63, 3.8) is 0 Å². The maximum absolute atomic E-state index is 13.3. The zero-order valence-corrected chi connectivity index (χ0v) is 16.8. The molecule has 1 aliphatic heterocycles.